The van der Waals surface area contributed by atoms with Gasteiger partial charge in [-0.2, -0.15) is 0 Å². The number of fused-ring (bicyclic) bond motifs is 3. The predicted octanol–water partition coefficient (Wildman–Crippen LogP) is 2.55. The molecule has 0 fully saturated rings. The first-order valence-corrected chi connectivity index (χ1v) is 11.3. The third kappa shape index (κ3) is 2.85. The molecule has 33 heavy (non-hydrogen) atoms. The van der Waals surface area contributed by atoms with Crippen LogP contribution in [-0.2, 0) is 0 Å². The predicted molar refractivity (Wildman–Crippen MR) is 148 cm³/mol. The van der Waals surface area contributed by atoms with Crippen molar-refractivity contribution in [2.75, 3.05) is 0 Å². The summed E-state index contributed by atoms with van der Waals surface area (Å²) in [5.74, 6) is 0.364. The SMILES string of the molecule is Bc1c(B)c(O)c2c(-c3ccccc3)c3ccccc3c(-c3ccc4occc4c3)c2c1B. The Morgan fingerprint density at radius 2 is 1.27 bits per heavy atom. The molecule has 1 aromatic heterocycles. The fourth-order valence-electron chi connectivity index (χ4n) is 5.21. The van der Waals surface area contributed by atoms with E-state index in [-0.39, 0.29) is 0 Å². The van der Waals surface area contributed by atoms with Crippen molar-refractivity contribution in [1.29, 1.82) is 0 Å². The standard InChI is InChI=1S/C28H21B3O2/c29-25-23-22(17-10-11-20-16(14-17)12-13-33-20)19-9-5-4-8-18(19)21(15-6-2-1-3-7-15)24(23)28(32)27(31)26(25)30/h1-14,32H,29-31H2. The fourth-order valence-corrected chi connectivity index (χ4v) is 5.21. The molecule has 1 heterocycles. The van der Waals surface area contributed by atoms with Gasteiger partial charge in [-0.05, 0) is 51.0 Å². The van der Waals surface area contributed by atoms with E-state index in [0.717, 1.165) is 60.3 Å². The molecule has 0 aliphatic carbocycles. The van der Waals surface area contributed by atoms with Crippen molar-refractivity contribution in [3.63, 3.8) is 0 Å². The summed E-state index contributed by atoms with van der Waals surface area (Å²) in [6.07, 6.45) is 1.73. The molecule has 2 nitrogen and oxygen atoms in total. The van der Waals surface area contributed by atoms with Gasteiger partial charge in [-0.3, -0.25) is 0 Å². The number of aromatic hydroxyl groups is 1. The molecule has 5 heteroatoms. The first-order valence-electron chi connectivity index (χ1n) is 11.3. The van der Waals surface area contributed by atoms with Gasteiger partial charge in [-0.25, -0.2) is 0 Å². The summed E-state index contributed by atoms with van der Waals surface area (Å²) in [6.45, 7) is 0. The molecule has 0 saturated carbocycles. The van der Waals surface area contributed by atoms with Crippen LogP contribution in [0.1, 0.15) is 0 Å². The topological polar surface area (TPSA) is 33.4 Å². The molecule has 1 N–H and O–H groups in total. The third-order valence-electron chi connectivity index (χ3n) is 7.11. The van der Waals surface area contributed by atoms with Gasteiger partial charge >= 0.3 is 0 Å². The number of phenolic OH excluding ortho intramolecular Hbond substituents is 1. The highest BCUT2D eigenvalue weighted by molar-refractivity contribution is 6.62. The first-order chi connectivity index (χ1) is 16.1. The zero-order valence-electron chi connectivity index (χ0n) is 18.9. The van der Waals surface area contributed by atoms with E-state index in [2.05, 4.69) is 76.4 Å². The maximum atomic E-state index is 11.6. The summed E-state index contributed by atoms with van der Waals surface area (Å²) in [5.41, 5.74) is 8.59. The van der Waals surface area contributed by atoms with Gasteiger partial charge in [-0.1, -0.05) is 77.1 Å². The monoisotopic (exact) mass is 422 g/mol. The van der Waals surface area contributed by atoms with Crippen LogP contribution in [0.4, 0.5) is 0 Å². The Hall–Kier alpha value is -3.85. The molecule has 0 bridgehead atoms. The lowest BCUT2D eigenvalue weighted by atomic mass is 9.67. The zero-order chi connectivity index (χ0) is 22.7. The minimum atomic E-state index is 0.364. The van der Waals surface area contributed by atoms with Gasteiger partial charge in [0.1, 0.15) is 34.9 Å². The van der Waals surface area contributed by atoms with Gasteiger partial charge in [0.05, 0.1) is 6.26 Å². The van der Waals surface area contributed by atoms with Crippen molar-refractivity contribution in [3.05, 3.63) is 85.1 Å². The molecule has 5 aromatic carbocycles. The van der Waals surface area contributed by atoms with Crippen LogP contribution < -0.4 is 16.4 Å². The highest BCUT2D eigenvalue weighted by atomic mass is 16.3. The smallest absolute Gasteiger partial charge is 0.143 e. The quantitative estimate of drug-likeness (QED) is 0.344. The fraction of sp³-hybridized carbons (Fsp3) is 0. The molecule has 0 unspecified atom stereocenters. The summed E-state index contributed by atoms with van der Waals surface area (Å²) in [5, 5.41) is 17.0. The maximum Gasteiger partial charge on any atom is 0.143 e. The number of phenols is 1. The number of benzene rings is 5. The molecular weight excluding hydrogens is 401 g/mol. The summed E-state index contributed by atoms with van der Waals surface area (Å²) < 4.78 is 5.60. The van der Waals surface area contributed by atoms with Crippen LogP contribution in [0.3, 0.4) is 0 Å². The average molecular weight is 422 g/mol. The Morgan fingerprint density at radius 3 is 2.00 bits per heavy atom. The van der Waals surface area contributed by atoms with E-state index < -0.39 is 0 Å². The van der Waals surface area contributed by atoms with Crippen LogP contribution in [0, 0.1) is 0 Å². The van der Waals surface area contributed by atoms with E-state index in [4.69, 9.17) is 4.42 Å². The van der Waals surface area contributed by atoms with Crippen molar-refractivity contribution < 1.29 is 9.52 Å². The number of rotatable bonds is 2. The molecule has 0 aliphatic rings. The Balaban J connectivity index is 1.91. The summed E-state index contributed by atoms with van der Waals surface area (Å²) >= 11 is 0. The second-order valence-corrected chi connectivity index (χ2v) is 8.81. The van der Waals surface area contributed by atoms with Gasteiger partial charge < -0.3 is 9.52 Å². The first kappa shape index (κ1) is 19.8. The van der Waals surface area contributed by atoms with Crippen molar-refractivity contribution in [2.24, 2.45) is 0 Å². The summed E-state index contributed by atoms with van der Waals surface area (Å²) in [4.78, 5) is 0. The Labute approximate surface area is 195 Å². The van der Waals surface area contributed by atoms with Crippen molar-refractivity contribution in [2.45, 2.75) is 0 Å². The maximum absolute atomic E-state index is 11.6. The van der Waals surface area contributed by atoms with Crippen LogP contribution in [0.2, 0.25) is 0 Å². The third-order valence-corrected chi connectivity index (χ3v) is 7.11. The lowest BCUT2D eigenvalue weighted by Crippen LogP contribution is -2.39. The molecule has 0 aliphatic heterocycles. The highest BCUT2D eigenvalue weighted by Crippen LogP contribution is 2.45. The van der Waals surface area contributed by atoms with Crippen LogP contribution in [-0.4, -0.2) is 28.6 Å². The largest absolute Gasteiger partial charge is 0.508 e. The minimum Gasteiger partial charge on any atom is -0.508 e. The lowest BCUT2D eigenvalue weighted by Gasteiger charge is -2.23. The lowest BCUT2D eigenvalue weighted by molar-refractivity contribution is 0.486. The van der Waals surface area contributed by atoms with Gasteiger partial charge in [-0.15, -0.1) is 0 Å². The minimum absolute atomic E-state index is 0.364. The molecule has 6 rings (SSSR count). The number of hydrogen-bond donors (Lipinski definition) is 1. The van der Waals surface area contributed by atoms with E-state index >= 15 is 0 Å². The average Bonchev–Trinajstić information content (AvgIpc) is 3.33. The zero-order valence-corrected chi connectivity index (χ0v) is 18.9. The second kappa shape index (κ2) is 7.35. The van der Waals surface area contributed by atoms with Crippen LogP contribution in [0.5, 0.6) is 5.75 Å². The molecule has 0 saturated heterocycles. The van der Waals surface area contributed by atoms with E-state index in [9.17, 15) is 5.11 Å². The van der Waals surface area contributed by atoms with Crippen LogP contribution in [0.25, 0.3) is 54.8 Å². The van der Waals surface area contributed by atoms with Gasteiger partial charge in [0.2, 0.25) is 0 Å². The molecule has 6 aromatic rings. The number of hydrogen-bond acceptors (Lipinski definition) is 2. The summed E-state index contributed by atoms with van der Waals surface area (Å²) in [7, 11) is 6.29. The summed E-state index contributed by atoms with van der Waals surface area (Å²) in [6, 6.07) is 27.3. The molecular formula is C28H21B3O2. The van der Waals surface area contributed by atoms with Gasteiger partial charge in [0.25, 0.3) is 0 Å². The normalized spacial score (nSPS) is 11.5. The Kier molecular flexibility index (Phi) is 4.41. The second-order valence-electron chi connectivity index (χ2n) is 8.81. The van der Waals surface area contributed by atoms with Gasteiger partial charge in [0.15, 0.2) is 0 Å². The van der Waals surface area contributed by atoms with Gasteiger partial charge in [0, 0.05) is 16.3 Å². The molecule has 0 amide bonds. The van der Waals surface area contributed by atoms with Crippen molar-refractivity contribution in [1.82, 2.24) is 0 Å². The van der Waals surface area contributed by atoms with E-state index in [1.165, 1.54) is 10.8 Å². The molecule has 154 valence electrons. The van der Waals surface area contributed by atoms with Crippen molar-refractivity contribution in [3.8, 4) is 28.0 Å². The number of furan rings is 1. The Bertz CT molecular complexity index is 1700. The molecule has 0 atom stereocenters. The molecule has 0 spiro atoms. The van der Waals surface area contributed by atoms with Crippen LogP contribution >= 0.6 is 0 Å². The highest BCUT2D eigenvalue weighted by Gasteiger charge is 2.22. The van der Waals surface area contributed by atoms with E-state index in [1.807, 2.05) is 26.0 Å². The van der Waals surface area contributed by atoms with Crippen LogP contribution in [0.15, 0.2) is 89.5 Å². The van der Waals surface area contributed by atoms with E-state index in [1.54, 1.807) is 6.26 Å². The molecule has 0 radical (unpaired) electrons. The Morgan fingerprint density at radius 1 is 0.606 bits per heavy atom. The van der Waals surface area contributed by atoms with Crippen molar-refractivity contribution >= 4 is 72.4 Å². The van der Waals surface area contributed by atoms with E-state index in [0.29, 0.717) is 5.75 Å².